The molecule has 0 aliphatic heterocycles. The maximum atomic E-state index is 11.0. The Morgan fingerprint density at radius 3 is 2.81 bits per heavy atom. The van der Waals surface area contributed by atoms with E-state index in [1.54, 1.807) is 12.5 Å². The van der Waals surface area contributed by atoms with Crippen LogP contribution in [-0.2, 0) is 17.9 Å². The highest BCUT2D eigenvalue weighted by molar-refractivity contribution is 5.73. The van der Waals surface area contributed by atoms with Gasteiger partial charge in [0, 0.05) is 19.3 Å². The van der Waals surface area contributed by atoms with Gasteiger partial charge in [0.15, 0.2) is 0 Å². The van der Waals surface area contributed by atoms with Crippen LogP contribution in [0.1, 0.15) is 26.5 Å². The Bertz CT molecular complexity index is 347. The van der Waals surface area contributed by atoms with Crippen LogP contribution in [0.5, 0.6) is 0 Å². The lowest BCUT2D eigenvalue weighted by molar-refractivity contribution is -0.140. The zero-order valence-corrected chi connectivity index (χ0v) is 9.97. The van der Waals surface area contributed by atoms with E-state index in [0.29, 0.717) is 6.54 Å². The average Bonchev–Trinajstić information content (AvgIpc) is 2.64. The molecule has 0 radical (unpaired) electrons. The minimum absolute atomic E-state index is 0.0653. The molecule has 1 rings (SSSR count). The van der Waals surface area contributed by atoms with Gasteiger partial charge < -0.3 is 9.67 Å². The zero-order chi connectivity index (χ0) is 12.1. The predicted molar refractivity (Wildman–Crippen MR) is 61.0 cm³/mol. The van der Waals surface area contributed by atoms with E-state index in [-0.39, 0.29) is 5.92 Å². The van der Waals surface area contributed by atoms with Crippen molar-refractivity contribution in [3.63, 3.8) is 0 Å². The van der Waals surface area contributed by atoms with Crippen molar-refractivity contribution in [2.75, 3.05) is 0 Å². The number of carboxylic acid groups (broad SMARTS) is 1. The molecule has 0 amide bonds. The maximum absolute atomic E-state index is 11.0. The van der Waals surface area contributed by atoms with Crippen molar-refractivity contribution in [1.82, 2.24) is 14.9 Å². The topological polar surface area (TPSA) is 67.2 Å². The van der Waals surface area contributed by atoms with Gasteiger partial charge in [0.2, 0.25) is 0 Å². The molecule has 90 valence electrons. The molecule has 0 saturated carbocycles. The molecular formula is C11H19N3O2. The summed E-state index contributed by atoms with van der Waals surface area (Å²) in [5.74, 6) is -0.743. The first-order chi connectivity index (χ1) is 7.56. The summed E-state index contributed by atoms with van der Waals surface area (Å²) in [7, 11) is 0. The molecule has 1 aromatic rings. The van der Waals surface area contributed by atoms with Gasteiger partial charge in [0.1, 0.15) is 6.04 Å². The number of aromatic nitrogens is 2. The third-order valence-corrected chi connectivity index (χ3v) is 2.58. The first-order valence-electron chi connectivity index (χ1n) is 5.51. The summed E-state index contributed by atoms with van der Waals surface area (Å²) in [5.41, 5.74) is 1.01. The van der Waals surface area contributed by atoms with E-state index < -0.39 is 12.0 Å². The number of hydrogen-bond acceptors (Lipinski definition) is 3. The average molecular weight is 225 g/mol. The summed E-state index contributed by atoms with van der Waals surface area (Å²) < 4.78 is 1.99. The van der Waals surface area contributed by atoms with Crippen LogP contribution < -0.4 is 5.32 Å². The Morgan fingerprint density at radius 2 is 2.31 bits per heavy atom. The molecule has 0 aliphatic rings. The minimum atomic E-state index is -0.808. The molecule has 0 bridgehead atoms. The van der Waals surface area contributed by atoms with Crippen molar-refractivity contribution in [3.8, 4) is 0 Å². The first-order valence-corrected chi connectivity index (χ1v) is 5.51. The number of aryl methyl sites for hydroxylation is 1. The first kappa shape index (κ1) is 12.7. The second-order valence-corrected chi connectivity index (χ2v) is 4.11. The summed E-state index contributed by atoms with van der Waals surface area (Å²) in [5, 5.41) is 12.0. The van der Waals surface area contributed by atoms with Gasteiger partial charge in [0.25, 0.3) is 0 Å². The van der Waals surface area contributed by atoms with E-state index in [4.69, 9.17) is 5.11 Å². The molecule has 1 heterocycles. The number of rotatable bonds is 6. The second-order valence-electron chi connectivity index (χ2n) is 4.11. The van der Waals surface area contributed by atoms with Crippen molar-refractivity contribution in [1.29, 1.82) is 0 Å². The smallest absolute Gasteiger partial charge is 0.320 e. The van der Waals surface area contributed by atoms with Crippen LogP contribution in [0.4, 0.5) is 0 Å². The van der Waals surface area contributed by atoms with Crippen molar-refractivity contribution in [2.24, 2.45) is 5.92 Å². The van der Waals surface area contributed by atoms with E-state index in [9.17, 15) is 4.79 Å². The fourth-order valence-corrected chi connectivity index (χ4v) is 1.60. The number of imidazole rings is 1. The summed E-state index contributed by atoms with van der Waals surface area (Å²) in [6.45, 7) is 7.19. The fraction of sp³-hybridized carbons (Fsp3) is 0.636. The number of carboxylic acids is 1. The highest BCUT2D eigenvalue weighted by atomic mass is 16.4. The molecule has 2 N–H and O–H groups in total. The molecule has 0 aromatic carbocycles. The van der Waals surface area contributed by atoms with Gasteiger partial charge in [-0.1, -0.05) is 13.8 Å². The molecule has 0 spiro atoms. The minimum Gasteiger partial charge on any atom is -0.480 e. The van der Waals surface area contributed by atoms with Crippen molar-refractivity contribution in [3.05, 3.63) is 18.2 Å². The largest absolute Gasteiger partial charge is 0.480 e. The van der Waals surface area contributed by atoms with Gasteiger partial charge in [-0.25, -0.2) is 4.98 Å². The summed E-state index contributed by atoms with van der Waals surface area (Å²) in [6, 6.07) is -0.514. The normalized spacial score (nSPS) is 13.0. The number of carbonyl (C=O) groups is 1. The molecule has 16 heavy (non-hydrogen) atoms. The molecule has 5 nitrogen and oxygen atoms in total. The zero-order valence-electron chi connectivity index (χ0n) is 9.97. The van der Waals surface area contributed by atoms with Gasteiger partial charge in [-0.15, -0.1) is 0 Å². The number of hydrogen-bond donors (Lipinski definition) is 2. The molecule has 0 saturated heterocycles. The quantitative estimate of drug-likeness (QED) is 0.761. The lowest BCUT2D eigenvalue weighted by Crippen LogP contribution is -2.40. The Morgan fingerprint density at radius 1 is 1.62 bits per heavy atom. The van der Waals surface area contributed by atoms with Crippen molar-refractivity contribution < 1.29 is 9.90 Å². The van der Waals surface area contributed by atoms with Crippen LogP contribution in [0.25, 0.3) is 0 Å². The summed E-state index contributed by atoms with van der Waals surface area (Å²) in [4.78, 5) is 15.0. The number of nitrogens with one attached hydrogen (secondary N) is 1. The molecule has 5 heteroatoms. The Hall–Kier alpha value is -1.36. The Balaban J connectivity index is 2.59. The molecule has 0 fully saturated rings. The third-order valence-electron chi connectivity index (χ3n) is 2.58. The fourth-order valence-electron chi connectivity index (χ4n) is 1.60. The number of aliphatic carboxylic acids is 1. The second kappa shape index (κ2) is 5.65. The Labute approximate surface area is 95.5 Å². The highest BCUT2D eigenvalue weighted by Crippen LogP contribution is 2.04. The number of nitrogens with zero attached hydrogens (tertiary/aromatic N) is 2. The van der Waals surface area contributed by atoms with Gasteiger partial charge in [0.05, 0.1) is 12.0 Å². The summed E-state index contributed by atoms with van der Waals surface area (Å²) in [6.07, 6.45) is 3.51. The van der Waals surface area contributed by atoms with E-state index >= 15 is 0 Å². The monoisotopic (exact) mass is 225 g/mol. The van der Waals surface area contributed by atoms with E-state index in [1.807, 2.05) is 25.3 Å². The predicted octanol–water partition coefficient (Wildman–Crippen LogP) is 1.10. The Kier molecular flexibility index (Phi) is 4.49. The van der Waals surface area contributed by atoms with E-state index in [0.717, 1.165) is 12.2 Å². The van der Waals surface area contributed by atoms with Crippen LogP contribution in [0.3, 0.4) is 0 Å². The molecule has 0 aliphatic carbocycles. The molecule has 1 atom stereocenters. The van der Waals surface area contributed by atoms with Crippen LogP contribution >= 0.6 is 0 Å². The van der Waals surface area contributed by atoms with Crippen LogP contribution in [0.2, 0.25) is 0 Å². The third kappa shape index (κ3) is 3.06. The highest BCUT2D eigenvalue weighted by Gasteiger charge is 2.20. The van der Waals surface area contributed by atoms with Crippen LogP contribution in [0, 0.1) is 5.92 Å². The van der Waals surface area contributed by atoms with Gasteiger partial charge in [-0.05, 0) is 12.8 Å². The van der Waals surface area contributed by atoms with Crippen LogP contribution in [-0.4, -0.2) is 26.7 Å². The molecular weight excluding hydrogens is 206 g/mol. The molecule has 1 unspecified atom stereocenters. The van der Waals surface area contributed by atoms with Crippen LogP contribution in [0.15, 0.2) is 12.5 Å². The van der Waals surface area contributed by atoms with Crippen molar-refractivity contribution >= 4 is 5.97 Å². The van der Waals surface area contributed by atoms with Gasteiger partial charge in [-0.2, -0.15) is 0 Å². The van der Waals surface area contributed by atoms with Crippen molar-refractivity contribution in [2.45, 2.75) is 39.9 Å². The standard InChI is InChI=1S/C11H19N3O2/c1-4-14-7-12-5-9(14)6-13-10(8(2)3)11(15)16/h5,7-8,10,13H,4,6H2,1-3H3,(H,15,16). The SMILES string of the molecule is CCn1cncc1CNC(C(=O)O)C(C)C. The summed E-state index contributed by atoms with van der Waals surface area (Å²) >= 11 is 0. The molecule has 1 aromatic heterocycles. The van der Waals surface area contributed by atoms with Gasteiger partial charge in [-0.3, -0.25) is 10.1 Å². The maximum Gasteiger partial charge on any atom is 0.320 e. The lowest BCUT2D eigenvalue weighted by atomic mass is 10.0. The lowest BCUT2D eigenvalue weighted by Gasteiger charge is -2.18. The van der Waals surface area contributed by atoms with Gasteiger partial charge >= 0.3 is 5.97 Å². The van der Waals surface area contributed by atoms with E-state index in [1.165, 1.54) is 0 Å². The van der Waals surface area contributed by atoms with E-state index in [2.05, 4.69) is 10.3 Å².